The monoisotopic (exact) mass is 461 g/mol. The molecule has 1 fully saturated rings. The first-order chi connectivity index (χ1) is 13.9. The lowest BCUT2D eigenvalue weighted by Crippen LogP contribution is -2.43. The van der Waals surface area contributed by atoms with Crippen LogP contribution in [0.25, 0.3) is 0 Å². The Labute approximate surface area is 175 Å². The number of carbonyl (C=O) groups is 2. The molecule has 2 amide bonds. The summed E-state index contributed by atoms with van der Waals surface area (Å²) in [5.74, 6) is 0.0413. The molecule has 2 N–H and O–H groups in total. The SMILES string of the molecule is O=C(Nc1ccc(Br)cn1)C1CCN(C(=O)CNc2ccccc2[N+](=O)[O-])CC1. The summed E-state index contributed by atoms with van der Waals surface area (Å²) in [6.07, 6.45) is 2.72. The second-order valence-corrected chi connectivity index (χ2v) is 7.55. The van der Waals surface area contributed by atoms with Crippen molar-refractivity contribution in [2.45, 2.75) is 12.8 Å². The predicted molar refractivity (Wildman–Crippen MR) is 111 cm³/mol. The van der Waals surface area contributed by atoms with Crippen molar-refractivity contribution in [2.75, 3.05) is 30.3 Å². The Morgan fingerprint density at radius 2 is 1.93 bits per heavy atom. The van der Waals surface area contributed by atoms with Gasteiger partial charge in [0.25, 0.3) is 5.69 Å². The lowest BCUT2D eigenvalue weighted by Gasteiger charge is -2.31. The molecule has 152 valence electrons. The summed E-state index contributed by atoms with van der Waals surface area (Å²) in [6.45, 7) is 0.886. The molecule has 1 aromatic carbocycles. The van der Waals surface area contributed by atoms with Crippen LogP contribution in [0.5, 0.6) is 0 Å². The third-order valence-electron chi connectivity index (χ3n) is 4.73. The van der Waals surface area contributed by atoms with Gasteiger partial charge in [0.2, 0.25) is 11.8 Å². The number of para-hydroxylation sites is 2. The molecule has 1 aliphatic rings. The van der Waals surface area contributed by atoms with E-state index in [9.17, 15) is 19.7 Å². The van der Waals surface area contributed by atoms with Crippen LogP contribution in [0.4, 0.5) is 17.2 Å². The number of hydrogen-bond acceptors (Lipinski definition) is 6. The van der Waals surface area contributed by atoms with Crippen LogP contribution >= 0.6 is 15.9 Å². The van der Waals surface area contributed by atoms with Crippen LogP contribution < -0.4 is 10.6 Å². The Morgan fingerprint density at radius 3 is 2.59 bits per heavy atom. The molecule has 0 atom stereocenters. The molecule has 1 aliphatic heterocycles. The number of pyridine rings is 1. The van der Waals surface area contributed by atoms with E-state index < -0.39 is 4.92 Å². The van der Waals surface area contributed by atoms with Crippen LogP contribution in [-0.2, 0) is 9.59 Å². The fraction of sp³-hybridized carbons (Fsp3) is 0.316. The van der Waals surface area contributed by atoms with Crippen LogP contribution in [0.1, 0.15) is 12.8 Å². The number of anilines is 2. The van der Waals surface area contributed by atoms with Crippen molar-refractivity contribution in [3.63, 3.8) is 0 Å². The first-order valence-electron chi connectivity index (χ1n) is 9.11. The molecule has 0 radical (unpaired) electrons. The van der Waals surface area contributed by atoms with Gasteiger partial charge in [0.05, 0.1) is 11.5 Å². The third kappa shape index (κ3) is 5.50. The van der Waals surface area contributed by atoms with Crippen LogP contribution in [-0.4, -0.2) is 46.3 Å². The Morgan fingerprint density at radius 1 is 1.21 bits per heavy atom. The zero-order valence-corrected chi connectivity index (χ0v) is 17.1. The van der Waals surface area contributed by atoms with Crippen molar-refractivity contribution < 1.29 is 14.5 Å². The lowest BCUT2D eigenvalue weighted by atomic mass is 9.96. The van der Waals surface area contributed by atoms with Gasteiger partial charge in [-0.3, -0.25) is 19.7 Å². The van der Waals surface area contributed by atoms with E-state index in [0.29, 0.717) is 37.4 Å². The van der Waals surface area contributed by atoms with Crippen LogP contribution in [0.15, 0.2) is 47.1 Å². The second kappa shape index (κ2) is 9.46. The lowest BCUT2D eigenvalue weighted by molar-refractivity contribution is -0.383. The number of piperidine rings is 1. The number of nitrogens with one attached hydrogen (secondary N) is 2. The molecule has 9 nitrogen and oxygen atoms in total. The van der Waals surface area contributed by atoms with Gasteiger partial charge in [0, 0.05) is 35.7 Å². The van der Waals surface area contributed by atoms with Gasteiger partial charge in [-0.25, -0.2) is 4.98 Å². The zero-order valence-electron chi connectivity index (χ0n) is 15.5. The maximum atomic E-state index is 12.4. The first kappa shape index (κ1) is 20.7. The molecule has 0 saturated carbocycles. The maximum Gasteiger partial charge on any atom is 0.292 e. The number of benzene rings is 1. The van der Waals surface area contributed by atoms with Gasteiger partial charge >= 0.3 is 0 Å². The van der Waals surface area contributed by atoms with Crippen molar-refractivity contribution in [2.24, 2.45) is 5.92 Å². The molecule has 2 aromatic rings. The summed E-state index contributed by atoms with van der Waals surface area (Å²) >= 11 is 3.30. The summed E-state index contributed by atoms with van der Waals surface area (Å²) in [6, 6.07) is 9.72. The summed E-state index contributed by atoms with van der Waals surface area (Å²) in [4.78, 5) is 41.2. The molecule has 1 saturated heterocycles. The number of amides is 2. The van der Waals surface area contributed by atoms with Crippen LogP contribution in [0.3, 0.4) is 0 Å². The highest BCUT2D eigenvalue weighted by Crippen LogP contribution is 2.23. The van der Waals surface area contributed by atoms with Crippen molar-refractivity contribution in [3.8, 4) is 0 Å². The molecule has 0 aliphatic carbocycles. The minimum Gasteiger partial charge on any atom is -0.371 e. The standard InChI is InChI=1S/C19H20BrN5O4/c20-14-5-6-17(22-11-14)23-19(27)13-7-9-24(10-8-13)18(26)12-21-15-3-1-2-4-16(15)25(28)29/h1-6,11,13,21H,7-10,12H2,(H,22,23,27). The molecule has 29 heavy (non-hydrogen) atoms. The van der Waals surface area contributed by atoms with Crippen molar-refractivity contribution >= 4 is 44.9 Å². The Balaban J connectivity index is 1.47. The number of nitro groups is 1. The molecule has 3 rings (SSSR count). The van der Waals surface area contributed by atoms with E-state index in [0.717, 1.165) is 4.47 Å². The topological polar surface area (TPSA) is 117 Å². The average molecular weight is 462 g/mol. The largest absolute Gasteiger partial charge is 0.371 e. The molecular weight excluding hydrogens is 442 g/mol. The molecule has 0 bridgehead atoms. The van der Waals surface area contributed by atoms with E-state index in [4.69, 9.17) is 0 Å². The summed E-state index contributed by atoms with van der Waals surface area (Å²) in [7, 11) is 0. The Bertz CT molecular complexity index is 898. The maximum absolute atomic E-state index is 12.4. The number of nitrogens with zero attached hydrogens (tertiary/aromatic N) is 3. The van der Waals surface area contributed by atoms with Gasteiger partial charge in [0.1, 0.15) is 11.5 Å². The number of aromatic nitrogens is 1. The smallest absolute Gasteiger partial charge is 0.292 e. The normalized spacial score (nSPS) is 14.3. The average Bonchev–Trinajstić information content (AvgIpc) is 2.74. The number of halogens is 1. The summed E-state index contributed by atoms with van der Waals surface area (Å²) in [5.41, 5.74) is 0.236. The van der Waals surface area contributed by atoms with Crippen LogP contribution in [0.2, 0.25) is 0 Å². The predicted octanol–water partition coefficient (Wildman–Crippen LogP) is 3.04. The highest BCUT2D eigenvalue weighted by Gasteiger charge is 2.27. The summed E-state index contributed by atoms with van der Waals surface area (Å²) in [5, 5.41) is 16.7. The van der Waals surface area contributed by atoms with Gasteiger partial charge in [-0.1, -0.05) is 12.1 Å². The highest BCUT2D eigenvalue weighted by atomic mass is 79.9. The van der Waals surface area contributed by atoms with Gasteiger partial charge in [0.15, 0.2) is 0 Å². The number of rotatable bonds is 6. The summed E-state index contributed by atoms with van der Waals surface area (Å²) < 4.78 is 0.830. The fourth-order valence-corrected chi connectivity index (χ4v) is 3.37. The van der Waals surface area contributed by atoms with Crippen molar-refractivity contribution in [1.29, 1.82) is 0 Å². The van der Waals surface area contributed by atoms with Crippen molar-refractivity contribution in [1.82, 2.24) is 9.88 Å². The van der Waals surface area contributed by atoms with E-state index in [1.165, 1.54) is 6.07 Å². The van der Waals surface area contributed by atoms with Gasteiger partial charge in [-0.2, -0.15) is 0 Å². The van der Waals surface area contributed by atoms with Gasteiger partial charge < -0.3 is 15.5 Å². The highest BCUT2D eigenvalue weighted by molar-refractivity contribution is 9.10. The number of hydrogen-bond donors (Lipinski definition) is 2. The molecule has 0 unspecified atom stereocenters. The molecule has 2 heterocycles. The van der Waals surface area contributed by atoms with E-state index >= 15 is 0 Å². The number of carbonyl (C=O) groups excluding carboxylic acids is 2. The minimum absolute atomic E-state index is 0.0372. The molecule has 0 spiro atoms. The van der Waals surface area contributed by atoms with E-state index in [2.05, 4.69) is 31.5 Å². The molecular formula is C19H20BrN5O4. The fourth-order valence-electron chi connectivity index (χ4n) is 3.13. The Kier molecular flexibility index (Phi) is 6.76. The minimum atomic E-state index is -0.489. The number of nitro benzene ring substituents is 1. The first-order valence-corrected chi connectivity index (χ1v) is 9.91. The van der Waals surface area contributed by atoms with E-state index in [1.54, 1.807) is 41.4 Å². The van der Waals surface area contributed by atoms with Gasteiger partial charge in [-0.05, 0) is 47.0 Å². The molecule has 1 aromatic heterocycles. The quantitative estimate of drug-likeness (QED) is 0.504. The van der Waals surface area contributed by atoms with Crippen LogP contribution in [0, 0.1) is 16.0 Å². The Hall–Kier alpha value is -3.01. The third-order valence-corrected chi connectivity index (χ3v) is 5.20. The van der Waals surface area contributed by atoms with E-state index in [1.807, 2.05) is 0 Å². The van der Waals surface area contributed by atoms with E-state index in [-0.39, 0.29) is 30.0 Å². The number of likely N-dealkylation sites (tertiary alicyclic amines) is 1. The van der Waals surface area contributed by atoms with Gasteiger partial charge in [-0.15, -0.1) is 0 Å². The van der Waals surface area contributed by atoms with Crippen molar-refractivity contribution in [3.05, 3.63) is 57.2 Å². The second-order valence-electron chi connectivity index (χ2n) is 6.63. The molecule has 10 heteroatoms. The zero-order chi connectivity index (χ0) is 20.8.